The number of hydrogen-bond donors (Lipinski definition) is 1. The summed E-state index contributed by atoms with van der Waals surface area (Å²) in [7, 11) is 0. The molecule has 1 fully saturated rings. The third-order valence-electron chi connectivity index (χ3n) is 7.07. The lowest BCUT2D eigenvalue weighted by Crippen LogP contribution is -2.36. The minimum absolute atomic E-state index is 0.0823. The van der Waals surface area contributed by atoms with E-state index in [1.807, 2.05) is 23.1 Å². The van der Waals surface area contributed by atoms with Crippen LogP contribution in [0.25, 0.3) is 0 Å². The smallest absolute Gasteiger partial charge is 0.320 e. The maximum absolute atomic E-state index is 13.2. The number of hydrogen-bond acceptors (Lipinski definition) is 4. The number of rotatable bonds is 8. The van der Waals surface area contributed by atoms with Crippen molar-refractivity contribution in [3.05, 3.63) is 58.4 Å². The van der Waals surface area contributed by atoms with E-state index in [9.17, 15) is 14.7 Å². The molecule has 7 nitrogen and oxygen atoms in total. The Kier molecular flexibility index (Phi) is 6.20. The summed E-state index contributed by atoms with van der Waals surface area (Å²) in [6.07, 6.45) is 7.12. The first-order chi connectivity index (χ1) is 16.1. The Labute approximate surface area is 194 Å². The van der Waals surface area contributed by atoms with Gasteiger partial charge < -0.3 is 19.6 Å². The molecule has 0 spiro atoms. The molecule has 2 aliphatic heterocycles. The maximum atomic E-state index is 13.2. The first-order valence-electron chi connectivity index (χ1n) is 12.1. The number of carboxylic acid groups (broad SMARTS) is 1. The topological polar surface area (TPSA) is 83.0 Å². The molecule has 1 atom stereocenters. The molecule has 1 aromatic heterocycles. The molecule has 2 aromatic rings. The summed E-state index contributed by atoms with van der Waals surface area (Å²) in [6, 6.07) is 9.62. The molecule has 1 saturated heterocycles. The number of pyridine rings is 1. The van der Waals surface area contributed by atoms with Crippen LogP contribution in [0.1, 0.15) is 59.8 Å². The van der Waals surface area contributed by atoms with Gasteiger partial charge in [0, 0.05) is 37.4 Å². The van der Waals surface area contributed by atoms with Gasteiger partial charge in [-0.25, -0.2) is 4.79 Å². The highest BCUT2D eigenvalue weighted by atomic mass is 16.5. The summed E-state index contributed by atoms with van der Waals surface area (Å²) in [6.45, 7) is 2.46. The van der Waals surface area contributed by atoms with E-state index in [1.165, 1.54) is 24.1 Å². The van der Waals surface area contributed by atoms with Crippen molar-refractivity contribution in [3.8, 4) is 5.75 Å². The normalized spacial score (nSPS) is 18.1. The van der Waals surface area contributed by atoms with Crippen LogP contribution >= 0.6 is 0 Å². The van der Waals surface area contributed by atoms with Gasteiger partial charge in [0.2, 0.25) is 0 Å². The van der Waals surface area contributed by atoms with Crippen molar-refractivity contribution >= 4 is 12.0 Å². The number of aromatic nitrogens is 1. The van der Waals surface area contributed by atoms with Gasteiger partial charge in [-0.05, 0) is 67.3 Å². The average Bonchev–Trinajstić information content (AvgIpc) is 3.43. The van der Waals surface area contributed by atoms with Crippen molar-refractivity contribution < 1.29 is 19.4 Å². The first-order valence-corrected chi connectivity index (χ1v) is 12.1. The van der Waals surface area contributed by atoms with E-state index in [4.69, 9.17) is 9.72 Å². The van der Waals surface area contributed by atoms with E-state index in [-0.39, 0.29) is 12.5 Å². The van der Waals surface area contributed by atoms with Gasteiger partial charge in [0.15, 0.2) is 0 Å². The molecule has 1 N–H and O–H groups in total. The zero-order valence-electron chi connectivity index (χ0n) is 19.0. The van der Waals surface area contributed by atoms with Crippen molar-refractivity contribution in [1.29, 1.82) is 0 Å². The van der Waals surface area contributed by atoms with Crippen LogP contribution in [0.15, 0.2) is 30.3 Å². The van der Waals surface area contributed by atoms with Crippen LogP contribution in [0.3, 0.4) is 0 Å². The summed E-state index contributed by atoms with van der Waals surface area (Å²) in [5.41, 5.74) is 5.69. The van der Waals surface area contributed by atoms with E-state index in [2.05, 4.69) is 12.1 Å². The largest absolute Gasteiger partial charge is 0.493 e. The molecule has 0 radical (unpaired) electrons. The third kappa shape index (κ3) is 4.68. The van der Waals surface area contributed by atoms with Gasteiger partial charge in [0.1, 0.15) is 5.75 Å². The minimum Gasteiger partial charge on any atom is -0.493 e. The number of urea groups is 1. The van der Waals surface area contributed by atoms with Gasteiger partial charge in [-0.1, -0.05) is 18.2 Å². The predicted octanol–water partition coefficient (Wildman–Crippen LogP) is 3.78. The van der Waals surface area contributed by atoms with Gasteiger partial charge >= 0.3 is 12.0 Å². The molecule has 1 aliphatic carbocycles. The lowest BCUT2D eigenvalue weighted by atomic mass is 9.95. The predicted molar refractivity (Wildman–Crippen MR) is 124 cm³/mol. The van der Waals surface area contributed by atoms with Gasteiger partial charge in [-0.3, -0.25) is 9.78 Å². The summed E-state index contributed by atoms with van der Waals surface area (Å²) in [4.78, 5) is 33.2. The van der Waals surface area contributed by atoms with Crippen molar-refractivity contribution in [1.82, 2.24) is 14.8 Å². The Morgan fingerprint density at radius 3 is 2.82 bits per heavy atom. The Balaban J connectivity index is 1.22. The van der Waals surface area contributed by atoms with Crippen LogP contribution in [-0.4, -0.2) is 58.1 Å². The van der Waals surface area contributed by atoms with Crippen molar-refractivity contribution in [2.24, 2.45) is 0 Å². The molecule has 0 saturated carbocycles. The van der Waals surface area contributed by atoms with Gasteiger partial charge in [0.25, 0.3) is 0 Å². The fraction of sp³-hybridized carbons (Fsp3) is 0.500. The molecule has 33 heavy (non-hydrogen) atoms. The first kappa shape index (κ1) is 21.7. The van der Waals surface area contributed by atoms with Crippen LogP contribution in [0.5, 0.6) is 5.75 Å². The Morgan fingerprint density at radius 2 is 1.94 bits per heavy atom. The monoisotopic (exact) mass is 449 g/mol. The molecule has 0 unspecified atom stereocenters. The summed E-state index contributed by atoms with van der Waals surface area (Å²) < 4.78 is 5.67. The van der Waals surface area contributed by atoms with Crippen LogP contribution in [0.2, 0.25) is 0 Å². The molecular weight excluding hydrogens is 418 g/mol. The molecule has 174 valence electrons. The van der Waals surface area contributed by atoms with E-state index >= 15 is 0 Å². The highest BCUT2D eigenvalue weighted by molar-refractivity contribution is 5.78. The molecule has 0 bridgehead atoms. The molecule has 3 heterocycles. The zero-order chi connectivity index (χ0) is 22.8. The minimum atomic E-state index is -0.911. The lowest BCUT2D eigenvalue weighted by molar-refractivity contribution is -0.138. The Morgan fingerprint density at radius 1 is 1.09 bits per heavy atom. The Bertz CT molecular complexity index is 1050. The number of carbonyl (C=O) groups is 2. The second-order valence-electron chi connectivity index (χ2n) is 9.26. The number of carboxylic acids is 1. The van der Waals surface area contributed by atoms with Gasteiger partial charge in [0.05, 0.1) is 19.1 Å². The quantitative estimate of drug-likeness (QED) is 0.663. The SMILES string of the molecule is O=C(O)C[C@@H](c1ccc2c(c1)OCC2)N1CCN(CCCc2ccc3c(n2)CCCC3)C1=O. The highest BCUT2D eigenvalue weighted by Gasteiger charge is 2.35. The number of carbonyl (C=O) groups excluding carboxylic acids is 1. The van der Waals surface area contributed by atoms with Crippen LogP contribution in [0, 0.1) is 0 Å². The van der Waals surface area contributed by atoms with E-state index in [0.717, 1.165) is 54.7 Å². The number of fused-ring (bicyclic) bond motifs is 2. The number of benzene rings is 1. The van der Waals surface area contributed by atoms with E-state index in [1.54, 1.807) is 4.90 Å². The van der Waals surface area contributed by atoms with Crippen LogP contribution < -0.4 is 4.74 Å². The van der Waals surface area contributed by atoms with Gasteiger partial charge in [-0.15, -0.1) is 0 Å². The summed E-state index contributed by atoms with van der Waals surface area (Å²) in [5.74, 6) is -0.102. The summed E-state index contributed by atoms with van der Waals surface area (Å²) in [5, 5.41) is 9.51. The standard InChI is InChI=1S/C26H31N3O4/c30-25(31)17-23(20-8-7-19-11-15-33-24(19)16-20)29-14-13-28(26(29)32)12-3-5-21-10-9-18-4-1-2-6-22(18)27-21/h7-10,16,23H,1-6,11-15,17H2,(H,30,31)/t23-/m0/s1. The molecule has 2 amide bonds. The zero-order valence-corrected chi connectivity index (χ0v) is 19.0. The van der Waals surface area contributed by atoms with E-state index < -0.39 is 12.0 Å². The van der Waals surface area contributed by atoms with Crippen molar-refractivity contribution in [2.75, 3.05) is 26.2 Å². The second-order valence-corrected chi connectivity index (χ2v) is 9.26. The highest BCUT2D eigenvalue weighted by Crippen LogP contribution is 2.34. The van der Waals surface area contributed by atoms with Gasteiger partial charge in [-0.2, -0.15) is 0 Å². The second kappa shape index (κ2) is 9.41. The van der Waals surface area contributed by atoms with Crippen molar-refractivity contribution in [2.45, 2.75) is 57.4 Å². The van der Waals surface area contributed by atoms with Crippen LogP contribution in [0.4, 0.5) is 4.79 Å². The van der Waals surface area contributed by atoms with Crippen molar-refractivity contribution in [3.63, 3.8) is 0 Å². The fourth-order valence-electron chi connectivity index (χ4n) is 5.28. The third-order valence-corrected chi connectivity index (χ3v) is 7.07. The molecule has 7 heteroatoms. The van der Waals surface area contributed by atoms with E-state index in [0.29, 0.717) is 26.2 Å². The maximum Gasteiger partial charge on any atom is 0.320 e. The number of ether oxygens (including phenoxy) is 1. The molecular formula is C26H31N3O4. The fourth-order valence-corrected chi connectivity index (χ4v) is 5.28. The number of aliphatic carboxylic acids is 1. The number of aryl methyl sites for hydroxylation is 3. The van der Waals surface area contributed by atoms with Crippen LogP contribution in [-0.2, 0) is 30.5 Å². The average molecular weight is 450 g/mol. The molecule has 1 aromatic carbocycles. The molecule has 5 rings (SSSR count). The number of amides is 2. The number of nitrogens with zero attached hydrogens (tertiary/aromatic N) is 3. The molecule has 3 aliphatic rings. The lowest BCUT2D eigenvalue weighted by Gasteiger charge is -2.27. The Hall–Kier alpha value is -3.09. The summed E-state index contributed by atoms with van der Waals surface area (Å²) >= 11 is 0.